The van der Waals surface area contributed by atoms with Gasteiger partial charge in [0.25, 0.3) is 5.91 Å². The lowest BCUT2D eigenvalue weighted by atomic mass is 9.63. The van der Waals surface area contributed by atoms with E-state index in [1.165, 1.54) is 36.9 Å². The number of halogens is 1. The SMILES string of the molecule is CO[C@@]1(CN2CCN3CCCC[C@@H]3C2)/C=C/C[C@H](C)[C@@H](CCN2CCOCC2)S(=O)(=O)NC(=O)c2ccc3c(c2)N(C[C@@H]2CC[C@H]21)C[C@@]1(CCCc2cc(Cl)ccc21)CO3. The van der Waals surface area contributed by atoms with Crippen LogP contribution in [0.15, 0.2) is 48.6 Å². The summed E-state index contributed by atoms with van der Waals surface area (Å²) in [6, 6.07) is 12.4. The molecule has 3 saturated heterocycles. The van der Waals surface area contributed by atoms with Crippen LogP contribution in [0.2, 0.25) is 5.02 Å². The summed E-state index contributed by atoms with van der Waals surface area (Å²) in [6.07, 6.45) is 14.5. The van der Waals surface area contributed by atoms with Crippen molar-refractivity contribution in [1.29, 1.82) is 0 Å². The van der Waals surface area contributed by atoms with Gasteiger partial charge in [0.2, 0.25) is 10.0 Å². The standard InChI is InChI=1S/C47H66ClN5O6S/c1-34-7-5-18-47(57-2,32-51-21-22-52-19-4-3-9-39(52)30-51)41-13-10-37(41)29-53-31-46(17-6-8-35-27-38(48)12-14-40(35)46)33-59-43-15-11-36(28-42(43)53)45(54)49-60(55,56)44(34)16-20-50-23-25-58-26-24-50/h5,11-12,14-15,18,27-28,34,37,39,41,44H,3-4,6-10,13,16-17,19-26,29-33H2,1-2H3,(H,49,54)/b18-5+/t34-,37-,39+,41+,44+,46-,47+/m0/s1. The maximum absolute atomic E-state index is 14.5. The lowest BCUT2D eigenvalue weighted by Gasteiger charge is -2.53. The topological polar surface area (TPSA) is 104 Å². The van der Waals surface area contributed by atoms with Crippen LogP contribution in [-0.2, 0) is 31.3 Å². The van der Waals surface area contributed by atoms with E-state index in [4.69, 9.17) is 25.8 Å². The number of methoxy groups -OCH3 is 1. The smallest absolute Gasteiger partial charge is 0.264 e. The van der Waals surface area contributed by atoms with Crippen molar-refractivity contribution in [3.05, 3.63) is 70.3 Å². The molecule has 13 heteroatoms. The maximum atomic E-state index is 14.5. The van der Waals surface area contributed by atoms with E-state index in [1.54, 1.807) is 6.07 Å². The van der Waals surface area contributed by atoms with Gasteiger partial charge in [-0.15, -0.1) is 0 Å². The second kappa shape index (κ2) is 17.8. The summed E-state index contributed by atoms with van der Waals surface area (Å²) in [4.78, 5) is 24.2. The molecule has 5 heterocycles. The highest BCUT2D eigenvalue weighted by Crippen LogP contribution is 2.49. The molecular weight excluding hydrogens is 798 g/mol. The Morgan fingerprint density at radius 2 is 1.83 bits per heavy atom. The number of nitrogens with zero attached hydrogens (tertiary/aromatic N) is 4. The highest BCUT2D eigenvalue weighted by Gasteiger charge is 2.50. The molecule has 2 bridgehead atoms. The van der Waals surface area contributed by atoms with Crippen molar-refractivity contribution in [2.24, 2.45) is 17.8 Å². The van der Waals surface area contributed by atoms with E-state index in [1.807, 2.05) is 32.2 Å². The lowest BCUT2D eigenvalue weighted by molar-refractivity contribution is -0.100. The molecule has 11 nitrogen and oxygen atoms in total. The molecule has 1 N–H and O–H groups in total. The van der Waals surface area contributed by atoms with Gasteiger partial charge in [-0.05, 0) is 130 Å². The Labute approximate surface area is 363 Å². The summed E-state index contributed by atoms with van der Waals surface area (Å²) in [6.45, 7) is 12.7. The van der Waals surface area contributed by atoms with Crippen LogP contribution in [0.1, 0.15) is 86.2 Å². The highest BCUT2D eigenvalue weighted by atomic mass is 35.5. The van der Waals surface area contributed by atoms with E-state index >= 15 is 0 Å². The molecule has 4 fully saturated rings. The minimum atomic E-state index is -4.07. The van der Waals surface area contributed by atoms with E-state index < -0.39 is 26.8 Å². The number of anilines is 1. The number of hydrogen-bond acceptors (Lipinski definition) is 10. The van der Waals surface area contributed by atoms with Gasteiger partial charge in [-0.2, -0.15) is 0 Å². The maximum Gasteiger partial charge on any atom is 0.264 e. The minimum absolute atomic E-state index is 0.238. The van der Waals surface area contributed by atoms with Crippen molar-refractivity contribution >= 4 is 33.2 Å². The number of fused-ring (bicyclic) bond motifs is 5. The van der Waals surface area contributed by atoms with E-state index in [0.717, 1.165) is 101 Å². The number of piperidine rings is 1. The predicted octanol–water partition coefficient (Wildman–Crippen LogP) is 6.14. The number of allylic oxidation sites excluding steroid dienone is 1. The largest absolute Gasteiger partial charge is 0.490 e. The first-order valence-corrected chi connectivity index (χ1v) is 24.8. The summed E-state index contributed by atoms with van der Waals surface area (Å²) in [7, 11) is -2.17. The molecule has 328 valence electrons. The second-order valence-electron chi connectivity index (χ2n) is 19.2. The van der Waals surface area contributed by atoms with Crippen molar-refractivity contribution in [1.82, 2.24) is 19.4 Å². The number of rotatable bonds is 6. The van der Waals surface area contributed by atoms with Gasteiger partial charge in [-0.3, -0.25) is 19.5 Å². The summed E-state index contributed by atoms with van der Waals surface area (Å²) < 4.78 is 50.7. The van der Waals surface area contributed by atoms with Crippen LogP contribution < -0.4 is 14.4 Å². The molecule has 5 aliphatic heterocycles. The molecule has 2 aromatic rings. The van der Waals surface area contributed by atoms with Gasteiger partial charge in [0.1, 0.15) is 11.4 Å². The molecule has 60 heavy (non-hydrogen) atoms. The fourth-order valence-electron chi connectivity index (χ4n) is 12.0. The molecule has 7 aliphatic rings. The van der Waals surface area contributed by atoms with Crippen LogP contribution in [0.25, 0.3) is 0 Å². The number of ether oxygens (including phenoxy) is 3. The van der Waals surface area contributed by atoms with Gasteiger partial charge in [0, 0.05) is 81.5 Å². The van der Waals surface area contributed by atoms with Crippen molar-refractivity contribution in [3.63, 3.8) is 0 Å². The lowest BCUT2D eigenvalue weighted by Crippen LogP contribution is -2.61. The number of hydrogen-bond donors (Lipinski definition) is 1. The number of carbonyl (C=O) groups excluding carboxylic acids is 1. The van der Waals surface area contributed by atoms with E-state index in [2.05, 4.69) is 48.6 Å². The van der Waals surface area contributed by atoms with Gasteiger partial charge in [-0.25, -0.2) is 13.1 Å². The fraction of sp³-hybridized carbons (Fsp3) is 0.681. The molecule has 1 amide bonds. The molecule has 1 saturated carbocycles. The number of carbonyl (C=O) groups is 1. The average molecular weight is 865 g/mol. The third kappa shape index (κ3) is 8.65. The van der Waals surface area contributed by atoms with E-state index in [9.17, 15) is 13.2 Å². The number of benzene rings is 2. The third-order valence-electron chi connectivity index (χ3n) is 15.6. The van der Waals surface area contributed by atoms with Crippen LogP contribution >= 0.6 is 11.6 Å². The van der Waals surface area contributed by atoms with Crippen molar-refractivity contribution in [2.75, 3.05) is 97.3 Å². The predicted molar refractivity (Wildman–Crippen MR) is 237 cm³/mol. The molecular formula is C47H66ClN5O6S. The highest BCUT2D eigenvalue weighted by molar-refractivity contribution is 7.90. The van der Waals surface area contributed by atoms with Crippen LogP contribution in [-0.4, -0.2) is 138 Å². The van der Waals surface area contributed by atoms with Gasteiger partial charge in [0.05, 0.1) is 30.8 Å². The van der Waals surface area contributed by atoms with Crippen LogP contribution in [0, 0.1) is 17.8 Å². The van der Waals surface area contributed by atoms with Crippen molar-refractivity contribution < 1.29 is 27.4 Å². The number of sulfonamides is 1. The number of amides is 1. The second-order valence-corrected chi connectivity index (χ2v) is 21.5. The average Bonchev–Trinajstić information content (AvgIpc) is 3.38. The molecule has 2 aromatic carbocycles. The van der Waals surface area contributed by atoms with Crippen LogP contribution in [0.5, 0.6) is 5.75 Å². The molecule has 0 unspecified atom stereocenters. The minimum Gasteiger partial charge on any atom is -0.490 e. The van der Waals surface area contributed by atoms with Gasteiger partial charge in [-0.1, -0.05) is 43.2 Å². The van der Waals surface area contributed by atoms with E-state index in [-0.39, 0.29) is 17.3 Å². The summed E-state index contributed by atoms with van der Waals surface area (Å²) in [5.74, 6) is 0.493. The first-order valence-electron chi connectivity index (χ1n) is 22.9. The Balaban J connectivity index is 1.10. The van der Waals surface area contributed by atoms with E-state index in [0.29, 0.717) is 56.7 Å². The molecule has 9 rings (SSSR count). The van der Waals surface area contributed by atoms with Crippen molar-refractivity contribution in [3.8, 4) is 5.75 Å². The third-order valence-corrected chi connectivity index (χ3v) is 17.8. The Morgan fingerprint density at radius 1 is 0.967 bits per heavy atom. The fourth-order valence-corrected chi connectivity index (χ4v) is 13.9. The molecule has 7 atom stereocenters. The summed E-state index contributed by atoms with van der Waals surface area (Å²) in [5, 5.41) is -0.0156. The van der Waals surface area contributed by atoms with Gasteiger partial charge >= 0.3 is 0 Å². The van der Waals surface area contributed by atoms with Crippen molar-refractivity contribution in [2.45, 2.75) is 93.4 Å². The Kier molecular flexibility index (Phi) is 12.6. The Morgan fingerprint density at radius 3 is 2.65 bits per heavy atom. The normalized spacial score (nSPS) is 34.5. The Bertz CT molecular complexity index is 2010. The number of aryl methyl sites for hydroxylation is 1. The quantitative estimate of drug-likeness (QED) is 0.341. The van der Waals surface area contributed by atoms with Gasteiger partial charge in [0.15, 0.2) is 0 Å². The monoisotopic (exact) mass is 863 g/mol. The number of nitrogens with one attached hydrogen (secondary N) is 1. The number of morpholine rings is 1. The van der Waals surface area contributed by atoms with Crippen LogP contribution in [0.4, 0.5) is 5.69 Å². The zero-order chi connectivity index (χ0) is 41.5. The summed E-state index contributed by atoms with van der Waals surface area (Å²) >= 11 is 6.56. The molecule has 0 radical (unpaired) electrons. The molecule has 1 spiro atoms. The first kappa shape index (κ1) is 42.6. The van der Waals surface area contributed by atoms with Gasteiger partial charge < -0.3 is 19.1 Å². The zero-order valence-electron chi connectivity index (χ0n) is 35.8. The molecule has 0 aromatic heterocycles. The number of piperazine rings is 1. The first-order chi connectivity index (χ1) is 29.0. The summed E-state index contributed by atoms with van der Waals surface area (Å²) in [5.41, 5.74) is 2.93. The van der Waals surface area contributed by atoms with Crippen LogP contribution in [0.3, 0.4) is 0 Å². The Hall–Kier alpha value is -2.71. The zero-order valence-corrected chi connectivity index (χ0v) is 37.4. The molecule has 2 aliphatic carbocycles.